The highest BCUT2D eigenvalue weighted by molar-refractivity contribution is 6.09. The second-order valence-corrected chi connectivity index (χ2v) is 5.33. The normalized spacial score (nSPS) is 19.4. The molecule has 1 fully saturated rings. The zero-order valence-electron chi connectivity index (χ0n) is 11.4. The van der Waals surface area contributed by atoms with Crippen LogP contribution in [-0.2, 0) is 11.2 Å². The molecule has 3 rings (SSSR count). The second-order valence-electron chi connectivity index (χ2n) is 5.33. The number of hydrogen-bond acceptors (Lipinski definition) is 4. The number of pyridine rings is 1. The van der Waals surface area contributed by atoms with Crippen LogP contribution in [0.25, 0.3) is 5.70 Å². The number of allylic oxidation sites excluding steroid dienone is 1. The zero-order chi connectivity index (χ0) is 13.9. The van der Waals surface area contributed by atoms with Gasteiger partial charge in [-0.2, -0.15) is 5.26 Å². The molecule has 0 N–H and O–H groups in total. The van der Waals surface area contributed by atoms with Crippen molar-refractivity contribution in [3.63, 3.8) is 0 Å². The number of ketones is 1. The summed E-state index contributed by atoms with van der Waals surface area (Å²) in [6.45, 7) is 1.84. The Labute approximate surface area is 118 Å². The van der Waals surface area contributed by atoms with Crippen molar-refractivity contribution in [3.05, 3.63) is 35.2 Å². The standard InChI is InChI=1S/C16H17N3O/c17-11-13-15(20)10-14-12(6-5-7-18-14)16(13)19-8-3-1-2-4-9-19/h5-7H,1-4,8-10H2. The Morgan fingerprint density at radius 1 is 1.20 bits per heavy atom. The average molecular weight is 267 g/mol. The fourth-order valence-electron chi connectivity index (χ4n) is 3.04. The van der Waals surface area contributed by atoms with E-state index in [0.29, 0.717) is 5.57 Å². The van der Waals surface area contributed by atoms with Crippen molar-refractivity contribution >= 4 is 11.5 Å². The molecule has 1 aliphatic carbocycles. The molecule has 0 aromatic carbocycles. The van der Waals surface area contributed by atoms with E-state index < -0.39 is 0 Å². The van der Waals surface area contributed by atoms with E-state index in [1.54, 1.807) is 6.20 Å². The quantitative estimate of drug-likeness (QED) is 0.783. The first-order valence-corrected chi connectivity index (χ1v) is 7.18. The van der Waals surface area contributed by atoms with Gasteiger partial charge >= 0.3 is 0 Å². The molecule has 2 aliphatic rings. The van der Waals surface area contributed by atoms with Gasteiger partial charge in [0.25, 0.3) is 0 Å². The molecule has 102 valence electrons. The Hall–Kier alpha value is -2.15. The lowest BCUT2D eigenvalue weighted by molar-refractivity contribution is -0.114. The van der Waals surface area contributed by atoms with Crippen molar-refractivity contribution in [2.24, 2.45) is 0 Å². The predicted octanol–water partition coefficient (Wildman–Crippen LogP) is 2.32. The molecule has 0 unspecified atom stereocenters. The van der Waals surface area contributed by atoms with Crippen molar-refractivity contribution in [1.29, 1.82) is 5.26 Å². The van der Waals surface area contributed by atoms with Crippen molar-refractivity contribution in [2.75, 3.05) is 13.1 Å². The molecule has 0 radical (unpaired) electrons. The summed E-state index contributed by atoms with van der Waals surface area (Å²) >= 11 is 0. The fourth-order valence-corrected chi connectivity index (χ4v) is 3.04. The number of fused-ring (bicyclic) bond motifs is 1. The smallest absolute Gasteiger partial charge is 0.181 e. The summed E-state index contributed by atoms with van der Waals surface area (Å²) in [6, 6.07) is 5.98. The lowest BCUT2D eigenvalue weighted by atomic mass is 9.91. The first-order chi connectivity index (χ1) is 9.81. The number of nitriles is 1. The Bertz CT molecular complexity index is 604. The summed E-state index contributed by atoms with van der Waals surface area (Å²) in [4.78, 5) is 18.7. The third-order valence-electron chi connectivity index (χ3n) is 4.02. The molecule has 0 atom stereocenters. The number of nitrogens with zero attached hydrogens (tertiary/aromatic N) is 3. The van der Waals surface area contributed by atoms with E-state index in [2.05, 4.69) is 16.0 Å². The number of Topliss-reactive ketones (excluding diaryl/α,β-unsaturated/α-hetero) is 1. The molecule has 4 heteroatoms. The molecule has 0 spiro atoms. The van der Waals surface area contributed by atoms with E-state index in [0.717, 1.165) is 42.9 Å². The summed E-state index contributed by atoms with van der Waals surface area (Å²) in [5.41, 5.74) is 2.89. The molecular formula is C16H17N3O. The van der Waals surface area contributed by atoms with Crippen molar-refractivity contribution in [2.45, 2.75) is 32.1 Å². The second kappa shape index (κ2) is 5.46. The summed E-state index contributed by atoms with van der Waals surface area (Å²) < 4.78 is 0. The maximum atomic E-state index is 12.2. The molecule has 1 aliphatic heterocycles. The van der Waals surface area contributed by atoms with Gasteiger partial charge in [0.2, 0.25) is 0 Å². The van der Waals surface area contributed by atoms with Gasteiger partial charge in [-0.25, -0.2) is 0 Å². The molecular weight excluding hydrogens is 250 g/mol. The highest BCUT2D eigenvalue weighted by Crippen LogP contribution is 2.32. The highest BCUT2D eigenvalue weighted by Gasteiger charge is 2.29. The lowest BCUT2D eigenvalue weighted by Crippen LogP contribution is -2.29. The largest absolute Gasteiger partial charge is 0.370 e. The van der Waals surface area contributed by atoms with Gasteiger partial charge in [0.15, 0.2) is 5.78 Å². The van der Waals surface area contributed by atoms with E-state index in [1.165, 1.54) is 12.8 Å². The number of carbonyl (C=O) groups excluding carboxylic acids is 1. The Balaban J connectivity index is 2.11. The van der Waals surface area contributed by atoms with Crippen LogP contribution in [-0.4, -0.2) is 28.8 Å². The van der Waals surface area contributed by atoms with Gasteiger partial charge in [0.05, 0.1) is 17.8 Å². The third kappa shape index (κ3) is 2.20. The van der Waals surface area contributed by atoms with Gasteiger partial charge in [0.1, 0.15) is 11.6 Å². The maximum absolute atomic E-state index is 12.2. The molecule has 1 aromatic heterocycles. The van der Waals surface area contributed by atoms with Crippen LogP contribution < -0.4 is 0 Å². The molecule has 0 bridgehead atoms. The Morgan fingerprint density at radius 2 is 1.95 bits per heavy atom. The Kier molecular flexibility index (Phi) is 3.51. The van der Waals surface area contributed by atoms with Crippen LogP contribution in [0.1, 0.15) is 36.9 Å². The molecule has 1 saturated heterocycles. The van der Waals surface area contributed by atoms with Crippen LogP contribution in [0.4, 0.5) is 0 Å². The minimum Gasteiger partial charge on any atom is -0.370 e. The van der Waals surface area contributed by atoms with E-state index >= 15 is 0 Å². The van der Waals surface area contributed by atoms with Crippen LogP contribution in [0, 0.1) is 11.3 Å². The van der Waals surface area contributed by atoms with E-state index in [4.69, 9.17) is 0 Å². The third-order valence-corrected chi connectivity index (χ3v) is 4.02. The fraction of sp³-hybridized carbons (Fsp3) is 0.438. The van der Waals surface area contributed by atoms with E-state index in [1.807, 2.05) is 12.1 Å². The molecule has 20 heavy (non-hydrogen) atoms. The number of carbonyl (C=O) groups is 1. The van der Waals surface area contributed by atoms with Crippen LogP contribution in [0.2, 0.25) is 0 Å². The van der Waals surface area contributed by atoms with Crippen LogP contribution in [0.5, 0.6) is 0 Å². The summed E-state index contributed by atoms with van der Waals surface area (Å²) in [5.74, 6) is -0.0991. The van der Waals surface area contributed by atoms with Gasteiger partial charge in [-0.1, -0.05) is 12.8 Å². The first kappa shape index (κ1) is 12.9. The van der Waals surface area contributed by atoms with Gasteiger partial charge in [0, 0.05) is 24.8 Å². The summed E-state index contributed by atoms with van der Waals surface area (Å²) in [5, 5.41) is 9.38. The zero-order valence-corrected chi connectivity index (χ0v) is 11.4. The van der Waals surface area contributed by atoms with Crippen LogP contribution >= 0.6 is 0 Å². The summed E-state index contributed by atoms with van der Waals surface area (Å²) in [7, 11) is 0. The molecule has 4 nitrogen and oxygen atoms in total. The van der Waals surface area contributed by atoms with Gasteiger partial charge in [-0.3, -0.25) is 9.78 Å². The maximum Gasteiger partial charge on any atom is 0.181 e. The number of likely N-dealkylation sites (tertiary alicyclic amines) is 1. The van der Waals surface area contributed by atoms with Gasteiger partial charge in [-0.15, -0.1) is 0 Å². The summed E-state index contributed by atoms with van der Waals surface area (Å²) in [6.07, 6.45) is 6.64. The van der Waals surface area contributed by atoms with E-state index in [9.17, 15) is 10.1 Å². The van der Waals surface area contributed by atoms with Gasteiger partial charge < -0.3 is 4.90 Å². The van der Waals surface area contributed by atoms with Gasteiger partial charge in [-0.05, 0) is 25.0 Å². The SMILES string of the molecule is N#CC1=C(N2CCCCCC2)c2cccnc2CC1=O. The minimum atomic E-state index is -0.0991. The Morgan fingerprint density at radius 3 is 2.65 bits per heavy atom. The monoisotopic (exact) mass is 267 g/mol. The average Bonchev–Trinajstić information content (AvgIpc) is 2.74. The molecule has 1 aromatic rings. The first-order valence-electron chi connectivity index (χ1n) is 7.18. The van der Waals surface area contributed by atoms with Crippen LogP contribution in [0.3, 0.4) is 0 Å². The minimum absolute atomic E-state index is 0.0991. The highest BCUT2D eigenvalue weighted by atomic mass is 16.1. The predicted molar refractivity (Wildman–Crippen MR) is 75.5 cm³/mol. The molecule has 0 saturated carbocycles. The van der Waals surface area contributed by atoms with E-state index in [-0.39, 0.29) is 12.2 Å². The molecule has 2 heterocycles. The number of hydrogen-bond donors (Lipinski definition) is 0. The van der Waals surface area contributed by atoms with Crippen molar-refractivity contribution in [3.8, 4) is 6.07 Å². The van der Waals surface area contributed by atoms with Crippen molar-refractivity contribution in [1.82, 2.24) is 9.88 Å². The lowest BCUT2D eigenvalue weighted by Gasteiger charge is -2.30. The molecule has 0 amide bonds. The number of rotatable bonds is 1. The topological polar surface area (TPSA) is 57.0 Å². The van der Waals surface area contributed by atoms with Crippen LogP contribution in [0.15, 0.2) is 23.9 Å². The van der Waals surface area contributed by atoms with Crippen molar-refractivity contribution < 1.29 is 4.79 Å². The number of aromatic nitrogens is 1.